The number of rotatable bonds is 6. The maximum absolute atomic E-state index is 12.4. The third kappa shape index (κ3) is 4.48. The number of hydrogen-bond donors (Lipinski definition) is 1. The number of benzene rings is 2. The highest BCUT2D eigenvalue weighted by molar-refractivity contribution is 6.30. The molecule has 11 heteroatoms. The molecule has 10 nitrogen and oxygen atoms in total. The minimum Gasteiger partial charge on any atom is -0.305 e. The van der Waals surface area contributed by atoms with E-state index in [1.165, 1.54) is 6.07 Å². The first kappa shape index (κ1) is 19.0. The van der Waals surface area contributed by atoms with Gasteiger partial charge >= 0.3 is 0 Å². The molecule has 2 aromatic carbocycles. The molecule has 1 amide bonds. The van der Waals surface area contributed by atoms with Gasteiger partial charge in [0.15, 0.2) is 5.82 Å². The van der Waals surface area contributed by atoms with Gasteiger partial charge in [-0.25, -0.2) is 0 Å². The average molecular weight is 402 g/mol. The van der Waals surface area contributed by atoms with E-state index in [0.717, 1.165) is 23.8 Å². The van der Waals surface area contributed by atoms with Gasteiger partial charge in [-0.3, -0.25) is 29.7 Å². The average Bonchev–Trinajstić information content (AvgIpc) is 3.08. The quantitative estimate of drug-likeness (QED) is 0.495. The number of anilines is 1. The second kappa shape index (κ2) is 7.84. The highest BCUT2D eigenvalue weighted by atomic mass is 35.5. The van der Waals surface area contributed by atoms with Crippen molar-refractivity contribution in [3.63, 3.8) is 0 Å². The van der Waals surface area contributed by atoms with Crippen molar-refractivity contribution >= 4 is 34.7 Å². The fourth-order valence-corrected chi connectivity index (χ4v) is 2.68. The maximum Gasteiger partial charge on any atom is 0.277 e. The molecule has 142 valence electrons. The Balaban J connectivity index is 1.77. The number of nitrogens with one attached hydrogen (secondary N) is 1. The Morgan fingerprint density at radius 1 is 1.07 bits per heavy atom. The van der Waals surface area contributed by atoms with Crippen LogP contribution in [0.25, 0.3) is 0 Å². The molecule has 3 aromatic rings. The Kier molecular flexibility index (Phi) is 5.32. The number of nitro groups is 2. The first-order chi connectivity index (χ1) is 13.3. The molecule has 0 unspecified atom stereocenters. The van der Waals surface area contributed by atoms with Gasteiger partial charge in [0.2, 0.25) is 0 Å². The van der Waals surface area contributed by atoms with E-state index in [-0.39, 0.29) is 11.4 Å². The molecule has 0 saturated heterocycles. The third-order valence-electron chi connectivity index (χ3n) is 3.70. The molecule has 0 atom stereocenters. The summed E-state index contributed by atoms with van der Waals surface area (Å²) >= 11 is 5.94. The molecule has 1 heterocycles. The minimum atomic E-state index is -0.802. The van der Waals surface area contributed by atoms with Gasteiger partial charge in [0.25, 0.3) is 17.3 Å². The lowest BCUT2D eigenvalue weighted by atomic mass is 10.1. The SMILES string of the molecule is O=C(Nc1ccn(Cc2cccc(Cl)c2)n1)c1cc([N+](=O)[O-])cc([N+](=O)[O-])c1. The number of nitrogens with zero attached hydrogens (tertiary/aromatic N) is 4. The molecule has 1 N–H and O–H groups in total. The Hall–Kier alpha value is -3.79. The summed E-state index contributed by atoms with van der Waals surface area (Å²) in [4.78, 5) is 32.6. The third-order valence-corrected chi connectivity index (χ3v) is 3.94. The van der Waals surface area contributed by atoms with E-state index in [4.69, 9.17) is 11.6 Å². The summed E-state index contributed by atoms with van der Waals surface area (Å²) < 4.78 is 1.57. The maximum atomic E-state index is 12.4. The van der Waals surface area contributed by atoms with E-state index in [1.54, 1.807) is 29.1 Å². The van der Waals surface area contributed by atoms with Crippen molar-refractivity contribution in [2.24, 2.45) is 0 Å². The van der Waals surface area contributed by atoms with Crippen LogP contribution in [0.3, 0.4) is 0 Å². The lowest BCUT2D eigenvalue weighted by molar-refractivity contribution is -0.394. The summed E-state index contributed by atoms with van der Waals surface area (Å²) in [6, 6.07) is 11.5. The number of amides is 1. The lowest BCUT2D eigenvalue weighted by Gasteiger charge is -2.04. The molecule has 3 rings (SSSR count). The van der Waals surface area contributed by atoms with Gasteiger partial charge in [0, 0.05) is 29.4 Å². The predicted octanol–water partition coefficient (Wildman–Crippen LogP) is 3.65. The van der Waals surface area contributed by atoms with Gasteiger partial charge < -0.3 is 5.32 Å². The van der Waals surface area contributed by atoms with Crippen LogP contribution in [0.15, 0.2) is 54.7 Å². The normalized spacial score (nSPS) is 10.5. The van der Waals surface area contributed by atoms with E-state index in [0.29, 0.717) is 11.6 Å². The number of halogens is 1. The van der Waals surface area contributed by atoms with E-state index < -0.39 is 27.1 Å². The summed E-state index contributed by atoms with van der Waals surface area (Å²) in [6.45, 7) is 0.415. The summed E-state index contributed by atoms with van der Waals surface area (Å²) in [5.74, 6) is -0.555. The predicted molar refractivity (Wildman–Crippen MR) is 100 cm³/mol. The molecule has 1 aromatic heterocycles. The van der Waals surface area contributed by atoms with Crippen molar-refractivity contribution in [2.45, 2.75) is 6.54 Å². The van der Waals surface area contributed by atoms with Crippen LogP contribution in [0, 0.1) is 20.2 Å². The van der Waals surface area contributed by atoms with Crippen LogP contribution >= 0.6 is 11.6 Å². The number of carbonyl (C=O) groups is 1. The van der Waals surface area contributed by atoms with E-state index in [9.17, 15) is 25.0 Å². The zero-order valence-corrected chi connectivity index (χ0v) is 14.9. The Labute approximate surface area is 162 Å². The van der Waals surface area contributed by atoms with E-state index in [1.807, 2.05) is 6.07 Å². The molecule has 0 spiro atoms. The van der Waals surface area contributed by atoms with Crippen LogP contribution in [0.1, 0.15) is 15.9 Å². The van der Waals surface area contributed by atoms with Crippen LogP contribution in [0.4, 0.5) is 17.2 Å². The van der Waals surface area contributed by atoms with Crippen molar-refractivity contribution in [3.8, 4) is 0 Å². The van der Waals surface area contributed by atoms with Crippen LogP contribution < -0.4 is 5.32 Å². The molecule has 0 aliphatic heterocycles. The summed E-state index contributed by atoms with van der Waals surface area (Å²) in [6.07, 6.45) is 1.63. The van der Waals surface area contributed by atoms with Crippen molar-refractivity contribution < 1.29 is 14.6 Å². The second-order valence-electron chi connectivity index (χ2n) is 5.73. The zero-order chi connectivity index (χ0) is 20.3. The van der Waals surface area contributed by atoms with Crippen molar-refractivity contribution in [2.75, 3.05) is 5.32 Å². The highest BCUT2D eigenvalue weighted by Crippen LogP contribution is 2.23. The summed E-state index contributed by atoms with van der Waals surface area (Å²) in [5.41, 5.74) is -0.412. The van der Waals surface area contributed by atoms with E-state index >= 15 is 0 Å². The number of nitro benzene ring substituents is 2. The number of aromatic nitrogens is 2. The van der Waals surface area contributed by atoms with Crippen LogP contribution in [0.2, 0.25) is 5.02 Å². The molecule has 0 aliphatic carbocycles. The van der Waals surface area contributed by atoms with Gasteiger partial charge in [0.1, 0.15) is 0 Å². The molecule has 0 bridgehead atoms. The van der Waals surface area contributed by atoms with Gasteiger partial charge in [-0.05, 0) is 17.7 Å². The smallest absolute Gasteiger partial charge is 0.277 e. The highest BCUT2D eigenvalue weighted by Gasteiger charge is 2.20. The van der Waals surface area contributed by atoms with E-state index in [2.05, 4.69) is 10.4 Å². The monoisotopic (exact) mass is 401 g/mol. The Morgan fingerprint density at radius 2 is 1.75 bits per heavy atom. The fraction of sp³-hybridized carbons (Fsp3) is 0.0588. The largest absolute Gasteiger partial charge is 0.305 e. The summed E-state index contributed by atoms with van der Waals surface area (Å²) in [5, 5.41) is 29.1. The number of non-ortho nitro benzene ring substituents is 2. The van der Waals surface area contributed by atoms with Crippen molar-refractivity contribution in [3.05, 3.63) is 91.1 Å². The Morgan fingerprint density at radius 3 is 2.36 bits per heavy atom. The second-order valence-corrected chi connectivity index (χ2v) is 6.17. The fourth-order valence-electron chi connectivity index (χ4n) is 2.46. The lowest BCUT2D eigenvalue weighted by Crippen LogP contribution is -2.13. The molecule has 28 heavy (non-hydrogen) atoms. The molecule has 0 radical (unpaired) electrons. The molecule has 0 fully saturated rings. The topological polar surface area (TPSA) is 133 Å². The van der Waals surface area contributed by atoms with Gasteiger partial charge in [0.05, 0.1) is 28.0 Å². The first-order valence-corrected chi connectivity index (χ1v) is 8.23. The first-order valence-electron chi connectivity index (χ1n) is 7.85. The zero-order valence-electron chi connectivity index (χ0n) is 14.1. The molecule has 0 saturated carbocycles. The summed E-state index contributed by atoms with van der Waals surface area (Å²) in [7, 11) is 0. The van der Waals surface area contributed by atoms with Crippen LogP contribution in [-0.2, 0) is 6.54 Å². The number of carbonyl (C=O) groups excluding carboxylic acids is 1. The van der Waals surface area contributed by atoms with Crippen LogP contribution in [-0.4, -0.2) is 25.5 Å². The van der Waals surface area contributed by atoms with Gasteiger partial charge in [-0.2, -0.15) is 5.10 Å². The molecular formula is C17H12ClN5O5. The van der Waals surface area contributed by atoms with Gasteiger partial charge in [-0.15, -0.1) is 0 Å². The van der Waals surface area contributed by atoms with Gasteiger partial charge in [-0.1, -0.05) is 23.7 Å². The van der Waals surface area contributed by atoms with Crippen LogP contribution in [0.5, 0.6) is 0 Å². The van der Waals surface area contributed by atoms with Crippen molar-refractivity contribution in [1.29, 1.82) is 0 Å². The molecular weight excluding hydrogens is 390 g/mol. The van der Waals surface area contributed by atoms with Crippen molar-refractivity contribution in [1.82, 2.24) is 9.78 Å². The molecule has 0 aliphatic rings. The number of hydrogen-bond acceptors (Lipinski definition) is 6. The standard InChI is InChI=1S/C17H12ClN5O5/c18-13-3-1-2-11(6-13)10-21-5-4-16(20-21)19-17(24)12-7-14(22(25)26)9-15(8-12)23(27)28/h1-9H,10H2,(H,19,20,24). The minimum absolute atomic E-state index is 0.196. The Bertz CT molecular complexity index is 1050.